The van der Waals surface area contributed by atoms with Gasteiger partial charge in [-0.05, 0) is 42.6 Å². The van der Waals surface area contributed by atoms with E-state index in [1.807, 2.05) is 0 Å². The van der Waals surface area contributed by atoms with E-state index < -0.39 is 0 Å². The van der Waals surface area contributed by atoms with Crippen LogP contribution in [0.4, 0.5) is 0 Å². The molecule has 1 aromatic rings. The van der Waals surface area contributed by atoms with Crippen LogP contribution in [0.3, 0.4) is 0 Å². The van der Waals surface area contributed by atoms with Gasteiger partial charge in [-0.25, -0.2) is 0 Å². The highest BCUT2D eigenvalue weighted by molar-refractivity contribution is 5.36. The Morgan fingerprint density at radius 3 is 2.73 bits per heavy atom. The summed E-state index contributed by atoms with van der Waals surface area (Å²) < 4.78 is 0. The largest absolute Gasteiger partial charge is 0.0847 e. The first-order valence-electron chi connectivity index (χ1n) is 6.13. The summed E-state index contributed by atoms with van der Waals surface area (Å²) in [5.41, 5.74) is 3.30. The van der Waals surface area contributed by atoms with Crippen molar-refractivity contribution < 1.29 is 0 Å². The highest BCUT2D eigenvalue weighted by atomic mass is 14.5. The predicted octanol–water partition coefficient (Wildman–Crippen LogP) is 4.15. The third-order valence-corrected chi connectivity index (χ3v) is 4.21. The summed E-state index contributed by atoms with van der Waals surface area (Å²) in [6.45, 7) is 2.39. The van der Waals surface area contributed by atoms with Gasteiger partial charge >= 0.3 is 0 Å². The molecule has 2 aliphatic carbocycles. The van der Waals surface area contributed by atoms with Gasteiger partial charge in [0.1, 0.15) is 0 Å². The molecule has 0 amide bonds. The molecule has 0 bridgehead atoms. The lowest BCUT2D eigenvalue weighted by molar-refractivity contribution is 0.238. The molecule has 1 unspecified atom stereocenters. The number of hydrogen-bond donors (Lipinski definition) is 0. The van der Waals surface area contributed by atoms with Crippen LogP contribution in [0, 0.1) is 11.8 Å². The Morgan fingerprint density at radius 2 is 1.93 bits per heavy atom. The molecule has 0 aromatic heterocycles. The quantitative estimate of drug-likeness (QED) is 0.595. The Balaban J connectivity index is 1.90. The Labute approximate surface area is 92.0 Å². The first kappa shape index (κ1) is 9.21. The van der Waals surface area contributed by atoms with Crippen molar-refractivity contribution in [2.75, 3.05) is 0 Å². The minimum atomic E-state index is 0.790. The molecule has 2 aliphatic rings. The van der Waals surface area contributed by atoms with Crippen molar-refractivity contribution in [3.63, 3.8) is 0 Å². The number of allylic oxidation sites excluding steroid dienone is 2. The fourth-order valence-corrected chi connectivity index (χ4v) is 3.47. The van der Waals surface area contributed by atoms with Crippen LogP contribution in [0.15, 0.2) is 42.0 Å². The van der Waals surface area contributed by atoms with Crippen LogP contribution in [-0.2, 0) is 0 Å². The molecule has 1 fully saturated rings. The molecule has 0 radical (unpaired) electrons. The molecule has 0 aliphatic heterocycles. The lowest BCUT2D eigenvalue weighted by atomic mass is 9.56. The monoisotopic (exact) mass is 198 g/mol. The van der Waals surface area contributed by atoms with Crippen LogP contribution in [0.1, 0.15) is 37.7 Å². The van der Waals surface area contributed by atoms with Gasteiger partial charge in [-0.15, -0.1) is 0 Å². The van der Waals surface area contributed by atoms with Crippen LogP contribution < -0.4 is 0 Å². The van der Waals surface area contributed by atoms with Crippen molar-refractivity contribution in [3.8, 4) is 0 Å². The summed E-state index contributed by atoms with van der Waals surface area (Å²) >= 11 is 0. The maximum Gasteiger partial charge on any atom is -0.00332 e. The predicted molar refractivity (Wildman–Crippen MR) is 63.8 cm³/mol. The third kappa shape index (κ3) is 1.35. The third-order valence-electron chi connectivity index (χ3n) is 4.21. The van der Waals surface area contributed by atoms with Gasteiger partial charge in [-0.2, -0.15) is 0 Å². The van der Waals surface area contributed by atoms with Gasteiger partial charge in [0.05, 0.1) is 0 Å². The molecule has 0 heterocycles. The highest BCUT2D eigenvalue weighted by Gasteiger charge is 2.43. The standard InChI is InChI=1S/C15H18/c1-11-13-9-5-6-10-14(13)15(11)12-7-3-2-4-8-12/h2-4,7-9,11,14-15H,5-6,10H2,1H3/t11?,14-,15+/m0/s1. The summed E-state index contributed by atoms with van der Waals surface area (Å²) in [7, 11) is 0. The van der Waals surface area contributed by atoms with E-state index >= 15 is 0 Å². The molecule has 0 saturated heterocycles. The van der Waals surface area contributed by atoms with Crippen LogP contribution in [0.25, 0.3) is 0 Å². The summed E-state index contributed by atoms with van der Waals surface area (Å²) in [5.74, 6) is 2.46. The number of hydrogen-bond acceptors (Lipinski definition) is 0. The molecule has 0 spiro atoms. The summed E-state index contributed by atoms with van der Waals surface area (Å²) in [6, 6.07) is 11.1. The van der Waals surface area contributed by atoms with E-state index in [-0.39, 0.29) is 0 Å². The van der Waals surface area contributed by atoms with Crippen molar-refractivity contribution in [2.24, 2.45) is 11.8 Å². The van der Waals surface area contributed by atoms with E-state index in [0.29, 0.717) is 0 Å². The van der Waals surface area contributed by atoms with E-state index in [4.69, 9.17) is 0 Å². The Hall–Kier alpha value is -1.04. The molecule has 78 valence electrons. The van der Waals surface area contributed by atoms with Crippen molar-refractivity contribution >= 4 is 0 Å². The van der Waals surface area contributed by atoms with E-state index in [0.717, 1.165) is 17.8 Å². The van der Waals surface area contributed by atoms with Crippen LogP contribution >= 0.6 is 0 Å². The van der Waals surface area contributed by atoms with E-state index in [2.05, 4.69) is 43.3 Å². The van der Waals surface area contributed by atoms with Crippen LogP contribution in [0.5, 0.6) is 0 Å². The van der Waals surface area contributed by atoms with Gasteiger partial charge in [0.15, 0.2) is 0 Å². The van der Waals surface area contributed by atoms with E-state index in [1.54, 1.807) is 11.1 Å². The first-order valence-corrected chi connectivity index (χ1v) is 6.13. The minimum Gasteiger partial charge on any atom is -0.0847 e. The number of benzene rings is 1. The fraction of sp³-hybridized carbons (Fsp3) is 0.467. The van der Waals surface area contributed by atoms with Gasteiger partial charge in [-0.3, -0.25) is 0 Å². The number of fused-ring (bicyclic) bond motifs is 1. The molecule has 1 saturated carbocycles. The molecular weight excluding hydrogens is 180 g/mol. The average Bonchev–Trinajstić information content (AvgIpc) is 2.30. The number of rotatable bonds is 1. The Kier molecular flexibility index (Phi) is 2.16. The highest BCUT2D eigenvalue weighted by Crippen LogP contribution is 2.55. The summed E-state index contributed by atoms with van der Waals surface area (Å²) in [4.78, 5) is 0. The smallest absolute Gasteiger partial charge is 0.00332 e. The molecule has 1 aromatic carbocycles. The second-order valence-electron chi connectivity index (χ2n) is 4.97. The first-order chi connectivity index (χ1) is 7.38. The Bertz CT molecular complexity index is 374. The van der Waals surface area contributed by atoms with Gasteiger partial charge in [0, 0.05) is 0 Å². The van der Waals surface area contributed by atoms with Gasteiger partial charge in [0.2, 0.25) is 0 Å². The maximum atomic E-state index is 2.50. The van der Waals surface area contributed by atoms with Gasteiger partial charge in [0.25, 0.3) is 0 Å². The van der Waals surface area contributed by atoms with Crippen molar-refractivity contribution in [3.05, 3.63) is 47.5 Å². The van der Waals surface area contributed by atoms with Crippen molar-refractivity contribution in [2.45, 2.75) is 32.1 Å². The molecule has 3 rings (SSSR count). The molecule has 15 heavy (non-hydrogen) atoms. The zero-order valence-corrected chi connectivity index (χ0v) is 9.32. The molecule has 0 heteroatoms. The second-order valence-corrected chi connectivity index (χ2v) is 4.97. The molecule has 0 nitrogen and oxygen atoms in total. The van der Waals surface area contributed by atoms with Gasteiger partial charge < -0.3 is 0 Å². The van der Waals surface area contributed by atoms with Crippen molar-refractivity contribution in [1.29, 1.82) is 0 Å². The zero-order valence-electron chi connectivity index (χ0n) is 9.32. The fourth-order valence-electron chi connectivity index (χ4n) is 3.47. The normalized spacial score (nSPS) is 33.9. The minimum absolute atomic E-state index is 0.790. The lowest BCUT2D eigenvalue weighted by Gasteiger charge is -2.48. The maximum absolute atomic E-state index is 2.50. The summed E-state index contributed by atoms with van der Waals surface area (Å²) in [5, 5.41) is 0. The van der Waals surface area contributed by atoms with Crippen LogP contribution in [-0.4, -0.2) is 0 Å². The van der Waals surface area contributed by atoms with Gasteiger partial charge in [-0.1, -0.05) is 48.9 Å². The van der Waals surface area contributed by atoms with E-state index in [9.17, 15) is 0 Å². The van der Waals surface area contributed by atoms with Crippen LogP contribution in [0.2, 0.25) is 0 Å². The van der Waals surface area contributed by atoms with Crippen molar-refractivity contribution in [1.82, 2.24) is 0 Å². The zero-order chi connectivity index (χ0) is 10.3. The second kappa shape index (κ2) is 3.52. The molecule has 0 N–H and O–H groups in total. The molecule has 3 atom stereocenters. The summed E-state index contributed by atoms with van der Waals surface area (Å²) in [6.07, 6.45) is 6.62. The Morgan fingerprint density at radius 1 is 1.13 bits per heavy atom. The molecular formula is C15H18. The SMILES string of the molecule is CC1C2=CCCC[C@@H]2[C@H]1c1ccccc1. The topological polar surface area (TPSA) is 0 Å². The van der Waals surface area contributed by atoms with E-state index in [1.165, 1.54) is 19.3 Å². The lowest BCUT2D eigenvalue weighted by Crippen LogP contribution is -2.37. The average molecular weight is 198 g/mol.